The number of fused-ring (bicyclic) bond motifs is 1. The van der Waals surface area contributed by atoms with Gasteiger partial charge in [0, 0.05) is 48.2 Å². The molecule has 0 bridgehead atoms. The van der Waals surface area contributed by atoms with Gasteiger partial charge in [-0.25, -0.2) is 4.98 Å². The zero-order valence-corrected chi connectivity index (χ0v) is 48.3. The van der Waals surface area contributed by atoms with Crippen LogP contribution in [0.3, 0.4) is 0 Å². The minimum absolute atomic E-state index is 0. The van der Waals surface area contributed by atoms with E-state index in [1.54, 1.807) is 0 Å². The van der Waals surface area contributed by atoms with Gasteiger partial charge >= 0.3 is 0 Å². The van der Waals surface area contributed by atoms with Gasteiger partial charge in [0.15, 0.2) is 0 Å². The van der Waals surface area contributed by atoms with Crippen molar-refractivity contribution < 1.29 is 30.3 Å². The van der Waals surface area contributed by atoms with Crippen molar-refractivity contribution in [1.29, 1.82) is 0 Å². The van der Waals surface area contributed by atoms with Crippen LogP contribution < -0.4 is 0 Å². The van der Waals surface area contributed by atoms with Crippen molar-refractivity contribution in [1.82, 2.24) is 14.5 Å². The van der Waals surface area contributed by atoms with Crippen molar-refractivity contribution in [3.05, 3.63) is 191 Å². The van der Waals surface area contributed by atoms with Crippen LogP contribution in [0.5, 0.6) is 5.75 Å². The minimum atomic E-state index is -2.45. The molecule has 9 aromatic rings. The Morgan fingerprint density at radius 2 is 1.04 bits per heavy atom. The number of benzene rings is 7. The number of hydrogen-bond acceptors (Lipinski definition) is 3. The number of pyridine rings is 1. The van der Waals surface area contributed by atoms with Crippen LogP contribution in [0.15, 0.2) is 152 Å². The van der Waals surface area contributed by atoms with E-state index >= 15 is 0 Å². The van der Waals surface area contributed by atoms with Gasteiger partial charge in [0.25, 0.3) is 0 Å². The molecule has 0 saturated carbocycles. The molecule has 0 amide bonds. The number of phenolic OH excluding ortho intramolecular Hbond substituents is 1. The number of nitrogens with zero attached hydrogens (tertiary/aromatic N) is 3. The number of rotatable bonds is 7. The molecule has 9 rings (SSSR count). The third-order valence-electron chi connectivity index (χ3n) is 14.4. The summed E-state index contributed by atoms with van der Waals surface area (Å²) >= 11 is 0. The van der Waals surface area contributed by atoms with Crippen molar-refractivity contribution in [2.75, 3.05) is 0 Å². The Kier molecular flexibility index (Phi) is 13.3. The fourth-order valence-corrected chi connectivity index (χ4v) is 9.77. The molecule has 5 heteroatoms. The van der Waals surface area contributed by atoms with E-state index in [4.69, 9.17) is 14.1 Å². The average molecular weight is 1160 g/mol. The summed E-state index contributed by atoms with van der Waals surface area (Å²) < 4.78 is 29.2. The smallest absolute Gasteiger partial charge is 0.148 e. The van der Waals surface area contributed by atoms with Gasteiger partial charge in [-0.2, -0.15) is 0 Å². The van der Waals surface area contributed by atoms with Crippen molar-refractivity contribution in [3.63, 3.8) is 0 Å². The van der Waals surface area contributed by atoms with Crippen LogP contribution in [-0.4, -0.2) is 19.6 Å². The second-order valence-electron chi connectivity index (χ2n) is 25.2. The van der Waals surface area contributed by atoms with Crippen LogP contribution >= 0.6 is 0 Å². The van der Waals surface area contributed by atoms with Crippen molar-refractivity contribution in [2.45, 2.75) is 138 Å². The van der Waals surface area contributed by atoms with Crippen LogP contribution in [0.1, 0.15) is 141 Å². The third-order valence-corrected chi connectivity index (χ3v) is 14.4. The fourth-order valence-electron chi connectivity index (χ4n) is 9.77. The molecule has 1 N–H and O–H groups in total. The second-order valence-corrected chi connectivity index (χ2v) is 25.2. The summed E-state index contributed by atoms with van der Waals surface area (Å²) in [6, 6.07) is 53.9. The number of aromatic hydroxyl groups is 1. The molecule has 382 valence electrons. The van der Waals surface area contributed by atoms with Gasteiger partial charge in [-0.05, 0) is 114 Å². The molecule has 2 heterocycles. The van der Waals surface area contributed by atoms with Gasteiger partial charge in [-0.1, -0.05) is 218 Å². The first-order chi connectivity index (χ1) is 35.4. The molecule has 2 aromatic heterocycles. The Hall–Kier alpha value is -6.35. The normalized spacial score (nSPS) is 13.3. The minimum Gasteiger partial charge on any atom is -0.507 e. The van der Waals surface area contributed by atoms with Crippen molar-refractivity contribution in [3.8, 4) is 78.6 Å². The summed E-state index contributed by atoms with van der Waals surface area (Å²) in [6.45, 7) is 30.5. The molecular weight excluding hydrogens is 1080 g/mol. The van der Waals surface area contributed by atoms with Gasteiger partial charge in [0.1, 0.15) is 11.6 Å². The molecule has 0 fully saturated rings. The van der Waals surface area contributed by atoms with Gasteiger partial charge in [-0.15, -0.1) is 29.3 Å². The summed E-state index contributed by atoms with van der Waals surface area (Å²) in [5.41, 5.74) is 16.0. The molecule has 0 aliphatic rings. The predicted octanol–water partition coefficient (Wildman–Crippen LogP) is 18.7. The number of para-hydroxylation sites is 1. The fraction of sp³-hybridized carbons (Fsp3) is 0.304. The molecular formula is C69H74N3OPt-. The third kappa shape index (κ3) is 10.8. The zero-order chi connectivity index (χ0) is 55.1. The number of hydrogen-bond donors (Lipinski definition) is 1. The maximum absolute atomic E-state index is 12.8. The molecule has 74 heavy (non-hydrogen) atoms. The summed E-state index contributed by atoms with van der Waals surface area (Å²) in [5.74, 6) is 0.684. The van der Waals surface area contributed by atoms with Gasteiger partial charge in [0.05, 0.1) is 22.3 Å². The molecule has 0 saturated heterocycles. The van der Waals surface area contributed by atoms with Crippen molar-refractivity contribution >= 4 is 11.0 Å². The molecule has 0 aliphatic carbocycles. The van der Waals surface area contributed by atoms with Crippen LogP contribution in [0, 0.1) is 12.9 Å². The Balaban J connectivity index is 0.00000784. The Labute approximate surface area is 460 Å². The van der Waals surface area contributed by atoms with Gasteiger partial charge in [0.2, 0.25) is 0 Å². The van der Waals surface area contributed by atoms with E-state index in [0.717, 1.165) is 83.7 Å². The maximum Gasteiger partial charge on any atom is 0.148 e. The Morgan fingerprint density at radius 3 is 1.62 bits per heavy atom. The van der Waals surface area contributed by atoms with Crippen LogP contribution in [0.4, 0.5) is 0 Å². The first-order valence-electron chi connectivity index (χ1n) is 27.3. The summed E-state index contributed by atoms with van der Waals surface area (Å²) in [6.07, 6.45) is 1.88. The van der Waals surface area contributed by atoms with E-state index in [9.17, 15) is 5.11 Å². The molecule has 0 aliphatic heterocycles. The largest absolute Gasteiger partial charge is 0.507 e. The molecule has 0 unspecified atom stereocenters. The number of aryl methyl sites for hydroxylation is 1. The molecule has 4 nitrogen and oxygen atoms in total. The average Bonchev–Trinajstić information content (AvgIpc) is 3.74. The summed E-state index contributed by atoms with van der Waals surface area (Å²) in [4.78, 5) is 10.7. The standard InChI is InChI=1S/C69H74N3O.Pt/c1-43-35-56(46-27-31-51(32-28-46)66(5,6)7)61(42-55(43)45-21-18-17-19-22-45)72-60-24-20-23-54(62(60)71-64(72)57-40-53(68(11,12)13)41-58(63(57)73)69(14,15)16)48-36-49(38-52(37-48)67(8,9)10)59-39-47(33-34-70-59)44-25-29-50(30-26-44)65(2,3)4;/h17-35,37-42,73H,1-16H3;/q-1;/i1D3;. The summed E-state index contributed by atoms with van der Waals surface area (Å²) in [7, 11) is 0. The Morgan fingerprint density at radius 1 is 0.473 bits per heavy atom. The monoisotopic (exact) mass is 1160 g/mol. The quantitative estimate of drug-likeness (QED) is 0.162. The number of phenols is 1. The molecule has 7 aromatic carbocycles. The zero-order valence-electron chi connectivity index (χ0n) is 49.0. The topological polar surface area (TPSA) is 50.9 Å². The molecule has 0 radical (unpaired) electrons. The van der Waals surface area contributed by atoms with E-state index in [-0.39, 0.29) is 54.0 Å². The van der Waals surface area contributed by atoms with E-state index in [1.165, 1.54) is 5.56 Å². The maximum atomic E-state index is 12.8. The van der Waals surface area contributed by atoms with Gasteiger partial charge in [-0.3, -0.25) is 9.55 Å². The van der Waals surface area contributed by atoms with Crippen molar-refractivity contribution in [2.24, 2.45) is 0 Å². The van der Waals surface area contributed by atoms with Crippen LogP contribution in [0.2, 0.25) is 0 Å². The van der Waals surface area contributed by atoms with E-state index < -0.39 is 12.3 Å². The van der Waals surface area contributed by atoms with E-state index in [2.05, 4.69) is 218 Å². The second kappa shape index (κ2) is 19.7. The van der Waals surface area contributed by atoms with Crippen LogP contribution in [0.25, 0.3) is 83.9 Å². The first kappa shape index (κ1) is 49.8. The van der Waals surface area contributed by atoms with Crippen LogP contribution in [-0.2, 0) is 48.1 Å². The predicted molar refractivity (Wildman–Crippen MR) is 310 cm³/mol. The number of imidazole rings is 1. The Bertz CT molecular complexity index is 3630. The molecule has 0 atom stereocenters. The van der Waals surface area contributed by atoms with E-state index in [1.807, 2.05) is 48.7 Å². The SMILES string of the molecule is [2H]C([2H])([2H])c1cc(-c2ccc(C(C)(C)C)cc2)c(-n2c(-c3cc(C(C)(C)C)cc(C(C)(C)C)c3O)nc3c(-c4[c-]c(-c5cc(-c6ccc(C(C)(C)C)cc6)ccn5)cc(C(C)(C)C)c4)cccc32)cc1-c1ccccc1.[Pt]. The number of aromatic nitrogens is 3. The van der Waals surface area contributed by atoms with E-state index in [0.29, 0.717) is 22.5 Å². The summed E-state index contributed by atoms with van der Waals surface area (Å²) in [5, 5.41) is 12.8. The van der Waals surface area contributed by atoms with Gasteiger partial charge < -0.3 is 5.11 Å². The first-order valence-corrected chi connectivity index (χ1v) is 25.8. The molecule has 0 spiro atoms.